The number of halogens is 6. The Morgan fingerprint density at radius 1 is 0.621 bits per heavy atom. The highest BCUT2D eigenvalue weighted by molar-refractivity contribution is 5.72. The smallest absolute Gasteiger partial charge is 0.256 e. The predicted molar refractivity (Wildman–Crippen MR) is 97.3 cm³/mol. The molecular formula is C22H15F6N. The molecule has 0 aliphatic heterocycles. The third kappa shape index (κ3) is 2.74. The number of hydrogen-bond acceptors (Lipinski definition) is 1. The molecular weight excluding hydrogens is 392 g/mol. The number of aromatic nitrogens is 1. The van der Waals surface area contributed by atoms with Crippen LogP contribution in [0.1, 0.15) is 22.3 Å². The summed E-state index contributed by atoms with van der Waals surface area (Å²) in [5.41, 5.74) is 1.21. The van der Waals surface area contributed by atoms with Gasteiger partial charge in [0.25, 0.3) is 0 Å². The quantitative estimate of drug-likeness (QED) is 0.423. The van der Waals surface area contributed by atoms with Crippen LogP contribution < -0.4 is 0 Å². The third-order valence-corrected chi connectivity index (χ3v) is 5.10. The molecule has 29 heavy (non-hydrogen) atoms. The van der Waals surface area contributed by atoms with Gasteiger partial charge in [0.15, 0.2) is 0 Å². The highest BCUT2D eigenvalue weighted by Crippen LogP contribution is 2.63. The van der Waals surface area contributed by atoms with Crippen LogP contribution in [-0.4, -0.2) is 10.9 Å². The average Bonchev–Trinajstić information content (AvgIpc) is 2.76. The van der Waals surface area contributed by atoms with Crippen molar-refractivity contribution in [3.63, 3.8) is 0 Å². The van der Waals surface area contributed by atoms with E-state index in [1.165, 1.54) is 12.3 Å². The minimum Gasteiger partial charge on any atom is -0.256 e. The Labute approximate surface area is 163 Å². The second kappa shape index (κ2) is 6.08. The Balaban J connectivity index is 1.83. The number of aryl methyl sites for hydroxylation is 2. The van der Waals surface area contributed by atoms with Crippen molar-refractivity contribution < 1.29 is 26.3 Å². The summed E-state index contributed by atoms with van der Waals surface area (Å²) in [6.45, 7) is 3.84. The van der Waals surface area contributed by atoms with Crippen LogP contribution in [0.3, 0.4) is 0 Å². The van der Waals surface area contributed by atoms with Gasteiger partial charge in [0.2, 0.25) is 0 Å². The minimum atomic E-state index is -5.48. The molecule has 0 N–H and O–H groups in total. The van der Waals surface area contributed by atoms with Crippen molar-refractivity contribution in [2.45, 2.75) is 31.6 Å². The van der Waals surface area contributed by atoms with E-state index in [0.29, 0.717) is 23.4 Å². The van der Waals surface area contributed by atoms with Crippen molar-refractivity contribution in [3.8, 4) is 22.4 Å². The Bertz CT molecular complexity index is 1100. The fourth-order valence-corrected chi connectivity index (χ4v) is 3.68. The summed E-state index contributed by atoms with van der Waals surface area (Å²) < 4.78 is 83.3. The molecule has 1 aromatic heterocycles. The first-order valence-corrected chi connectivity index (χ1v) is 8.79. The molecule has 0 unspecified atom stereocenters. The Morgan fingerprint density at radius 3 is 1.86 bits per heavy atom. The Kier molecular flexibility index (Phi) is 4.09. The lowest BCUT2D eigenvalue weighted by atomic mass is 9.98. The largest absolute Gasteiger partial charge is 0.380 e. The summed E-state index contributed by atoms with van der Waals surface area (Å²) in [5.74, 6) is -15.4. The van der Waals surface area contributed by atoms with E-state index in [1.54, 1.807) is 6.07 Å². The van der Waals surface area contributed by atoms with Gasteiger partial charge in [0, 0.05) is 22.9 Å². The van der Waals surface area contributed by atoms with E-state index in [-0.39, 0.29) is 5.56 Å². The maximum Gasteiger partial charge on any atom is 0.380 e. The van der Waals surface area contributed by atoms with Crippen molar-refractivity contribution in [2.75, 3.05) is 0 Å². The number of rotatable bonds is 2. The van der Waals surface area contributed by atoms with Gasteiger partial charge in [0.05, 0.1) is 5.69 Å². The van der Waals surface area contributed by atoms with Gasteiger partial charge in [0.1, 0.15) is 0 Å². The van der Waals surface area contributed by atoms with Gasteiger partial charge in [-0.05, 0) is 55.3 Å². The van der Waals surface area contributed by atoms with Gasteiger partial charge < -0.3 is 0 Å². The average molecular weight is 407 g/mol. The van der Waals surface area contributed by atoms with Crippen molar-refractivity contribution in [1.29, 1.82) is 0 Å². The van der Waals surface area contributed by atoms with Gasteiger partial charge in [-0.3, -0.25) is 4.98 Å². The lowest BCUT2D eigenvalue weighted by molar-refractivity contribution is -0.302. The molecule has 0 fully saturated rings. The molecule has 4 rings (SSSR count). The van der Waals surface area contributed by atoms with Crippen molar-refractivity contribution in [3.05, 3.63) is 77.0 Å². The number of alkyl halides is 6. The maximum absolute atomic E-state index is 14.1. The normalized spacial score (nSPS) is 18.5. The summed E-state index contributed by atoms with van der Waals surface area (Å²) in [6.07, 6.45) is 1.46. The van der Waals surface area contributed by atoms with Gasteiger partial charge in [-0.1, -0.05) is 29.3 Å². The molecule has 0 bridgehead atoms. The predicted octanol–water partition coefficient (Wildman–Crippen LogP) is 6.86. The zero-order chi connectivity index (χ0) is 21.2. The number of fused-ring (bicyclic) bond motifs is 1. The number of benzene rings is 2. The van der Waals surface area contributed by atoms with E-state index < -0.39 is 28.9 Å². The molecule has 1 nitrogen and oxygen atoms in total. The molecule has 1 heterocycles. The van der Waals surface area contributed by atoms with Crippen LogP contribution in [0.4, 0.5) is 26.3 Å². The fourth-order valence-electron chi connectivity index (χ4n) is 3.68. The topological polar surface area (TPSA) is 12.9 Å². The summed E-state index contributed by atoms with van der Waals surface area (Å²) in [5, 5.41) is 0. The van der Waals surface area contributed by atoms with Crippen LogP contribution in [0.25, 0.3) is 22.4 Å². The third-order valence-electron chi connectivity index (χ3n) is 5.10. The van der Waals surface area contributed by atoms with E-state index in [1.807, 2.05) is 32.0 Å². The van der Waals surface area contributed by atoms with Crippen molar-refractivity contribution in [1.82, 2.24) is 4.98 Å². The van der Waals surface area contributed by atoms with Crippen LogP contribution >= 0.6 is 0 Å². The molecule has 1 aliphatic rings. The number of nitrogens with zero attached hydrogens (tertiary/aromatic N) is 1. The highest BCUT2D eigenvalue weighted by Gasteiger charge is 2.79. The highest BCUT2D eigenvalue weighted by atomic mass is 19.3. The van der Waals surface area contributed by atoms with Gasteiger partial charge in [-0.25, -0.2) is 0 Å². The standard InChI is InChI=1S/C22H15F6N/c1-12-7-13(2)9-16(8-12)19-11-15(5-6-29-19)14-3-4-17-18(10-14)21(25,26)22(27,28)20(17,23)24/h3-11H,1-2H3. The number of pyridine rings is 1. The van der Waals surface area contributed by atoms with E-state index in [2.05, 4.69) is 4.98 Å². The molecule has 3 aromatic rings. The first-order chi connectivity index (χ1) is 13.4. The van der Waals surface area contributed by atoms with Crippen molar-refractivity contribution >= 4 is 0 Å². The second-order valence-electron chi connectivity index (χ2n) is 7.29. The van der Waals surface area contributed by atoms with Gasteiger partial charge in [-0.2, -0.15) is 26.3 Å². The lowest BCUT2D eigenvalue weighted by Crippen LogP contribution is -2.43. The minimum absolute atomic E-state index is 0.130. The molecule has 0 saturated carbocycles. The summed E-state index contributed by atoms with van der Waals surface area (Å²) >= 11 is 0. The maximum atomic E-state index is 14.1. The summed E-state index contributed by atoms with van der Waals surface area (Å²) in [7, 11) is 0. The number of hydrogen-bond donors (Lipinski definition) is 0. The molecule has 0 radical (unpaired) electrons. The zero-order valence-electron chi connectivity index (χ0n) is 15.4. The van der Waals surface area contributed by atoms with Crippen LogP contribution in [0.2, 0.25) is 0 Å². The Hall–Kier alpha value is -2.83. The molecule has 7 heteroatoms. The van der Waals surface area contributed by atoms with Crippen LogP contribution in [0.5, 0.6) is 0 Å². The zero-order valence-corrected chi connectivity index (χ0v) is 15.4. The summed E-state index contributed by atoms with van der Waals surface area (Å²) in [4.78, 5) is 4.28. The second-order valence-corrected chi connectivity index (χ2v) is 7.29. The van der Waals surface area contributed by atoms with Gasteiger partial charge >= 0.3 is 17.8 Å². The van der Waals surface area contributed by atoms with Crippen LogP contribution in [0.15, 0.2) is 54.7 Å². The van der Waals surface area contributed by atoms with E-state index in [0.717, 1.165) is 22.8 Å². The molecule has 0 amide bonds. The lowest BCUT2D eigenvalue weighted by Gasteiger charge is -2.23. The van der Waals surface area contributed by atoms with E-state index >= 15 is 0 Å². The summed E-state index contributed by atoms with van der Waals surface area (Å²) in [6, 6.07) is 11.4. The molecule has 1 aliphatic carbocycles. The molecule has 0 spiro atoms. The van der Waals surface area contributed by atoms with Crippen LogP contribution in [0, 0.1) is 13.8 Å². The van der Waals surface area contributed by atoms with E-state index in [9.17, 15) is 26.3 Å². The fraction of sp³-hybridized carbons (Fsp3) is 0.227. The first-order valence-electron chi connectivity index (χ1n) is 8.79. The molecule has 2 aromatic carbocycles. The molecule has 150 valence electrons. The van der Waals surface area contributed by atoms with Crippen LogP contribution in [-0.2, 0) is 11.8 Å². The van der Waals surface area contributed by atoms with E-state index in [4.69, 9.17) is 0 Å². The first kappa shape index (κ1) is 19.5. The van der Waals surface area contributed by atoms with Crippen molar-refractivity contribution in [2.24, 2.45) is 0 Å². The molecule has 0 saturated heterocycles. The molecule has 0 atom stereocenters. The van der Waals surface area contributed by atoms with Gasteiger partial charge in [-0.15, -0.1) is 0 Å². The monoisotopic (exact) mass is 407 g/mol. The Morgan fingerprint density at radius 2 is 1.21 bits per heavy atom. The SMILES string of the molecule is Cc1cc(C)cc(-c2cc(-c3ccc4c(c3)C(F)(F)C(F)(F)C4(F)F)ccn2)c1.